The highest BCUT2D eigenvalue weighted by Gasteiger charge is 2.39. The van der Waals surface area contributed by atoms with Crippen molar-refractivity contribution < 1.29 is 13.3 Å². The van der Waals surface area contributed by atoms with Crippen molar-refractivity contribution >= 4 is 27.1 Å². The van der Waals surface area contributed by atoms with Gasteiger partial charge in [0.15, 0.2) is 27.1 Å². The maximum atomic E-state index is 6.06. The molecule has 15 heavy (non-hydrogen) atoms. The number of hydrogen-bond donors (Lipinski definition) is 0. The second-order valence-corrected chi connectivity index (χ2v) is 14.9. The van der Waals surface area contributed by atoms with Crippen molar-refractivity contribution in [3.63, 3.8) is 0 Å². The van der Waals surface area contributed by atoms with E-state index >= 15 is 0 Å². The van der Waals surface area contributed by atoms with Gasteiger partial charge in [-0.1, -0.05) is 6.92 Å². The molecule has 0 unspecified atom stereocenters. The molecule has 0 amide bonds. The minimum atomic E-state index is -1.64. The van der Waals surface area contributed by atoms with Crippen LogP contribution in [-0.4, -0.2) is 33.1 Å². The summed E-state index contributed by atoms with van der Waals surface area (Å²) in [7, 11) is -2.64. The zero-order valence-electron chi connectivity index (χ0n) is 11.4. The summed E-state index contributed by atoms with van der Waals surface area (Å²) >= 11 is 0. The van der Waals surface area contributed by atoms with Gasteiger partial charge >= 0.3 is 0 Å². The fourth-order valence-corrected chi connectivity index (χ4v) is 4.60. The Morgan fingerprint density at radius 3 is 1.40 bits per heavy atom. The highest BCUT2D eigenvalue weighted by atomic mass is 28.4. The summed E-state index contributed by atoms with van der Waals surface area (Å²) in [6, 6.07) is 0. The van der Waals surface area contributed by atoms with Crippen molar-refractivity contribution in [2.75, 3.05) is 0 Å². The zero-order chi connectivity index (χ0) is 12.3. The van der Waals surface area contributed by atoms with E-state index in [1.54, 1.807) is 0 Å². The summed E-state index contributed by atoms with van der Waals surface area (Å²) in [5, 5.41) is 0. The van der Waals surface area contributed by atoms with Crippen molar-refractivity contribution in [3.8, 4) is 0 Å². The smallest absolute Gasteiger partial charge is 0.253 e. The van der Waals surface area contributed by atoms with Gasteiger partial charge in [0.05, 0.1) is 0 Å². The van der Waals surface area contributed by atoms with Gasteiger partial charge < -0.3 is 13.3 Å². The van der Waals surface area contributed by atoms with E-state index in [0.29, 0.717) is 10.5 Å². The van der Waals surface area contributed by atoms with Crippen LogP contribution < -0.4 is 0 Å². The van der Waals surface area contributed by atoms with Crippen LogP contribution in [0, 0.1) is 0 Å². The summed E-state index contributed by atoms with van der Waals surface area (Å²) in [5.41, 5.74) is 0. The Kier molecular flexibility index (Phi) is 5.43. The van der Waals surface area contributed by atoms with Crippen LogP contribution >= 0.6 is 0 Å². The van der Waals surface area contributed by atoms with Crippen LogP contribution in [0.5, 0.6) is 0 Å². The van der Waals surface area contributed by atoms with E-state index in [4.69, 9.17) is 13.3 Å². The fraction of sp³-hybridized carbons (Fsp3) is 1.00. The Hall–Kier alpha value is 0.531. The molecule has 0 saturated carbocycles. The molecule has 3 nitrogen and oxygen atoms in total. The zero-order valence-corrected chi connectivity index (χ0v) is 15.4. The van der Waals surface area contributed by atoms with Gasteiger partial charge in [0.2, 0.25) is 0 Å². The normalized spacial score (nSPS) is 14.6. The molecular formula is C9H26O3Si3. The summed E-state index contributed by atoms with van der Waals surface area (Å²) in [4.78, 5) is 0. The molecule has 0 N–H and O–H groups in total. The van der Waals surface area contributed by atoms with Crippen molar-refractivity contribution in [2.24, 2.45) is 0 Å². The number of hydrogen-bond acceptors (Lipinski definition) is 3. The van der Waals surface area contributed by atoms with Crippen LogP contribution in [0.2, 0.25) is 39.3 Å². The average Bonchev–Trinajstić information content (AvgIpc) is 1.98. The van der Waals surface area contributed by atoms with Crippen LogP contribution in [-0.2, 0) is 13.3 Å². The van der Waals surface area contributed by atoms with Gasteiger partial charge in [0.1, 0.15) is 0 Å². The van der Waals surface area contributed by atoms with Gasteiger partial charge in [-0.25, -0.2) is 0 Å². The highest BCUT2D eigenvalue weighted by molar-refractivity contribution is 6.71. The summed E-state index contributed by atoms with van der Waals surface area (Å²) in [5.74, 6) is -0.763. The van der Waals surface area contributed by atoms with Gasteiger partial charge in [-0.15, -0.1) is 0 Å². The second-order valence-electron chi connectivity index (χ2n) is 5.67. The largest absolute Gasteiger partial charge is 0.382 e. The van der Waals surface area contributed by atoms with Gasteiger partial charge in [-0.3, -0.25) is 0 Å². The average molecular weight is 267 g/mol. The van der Waals surface area contributed by atoms with Gasteiger partial charge in [-0.2, -0.15) is 0 Å². The first-order valence-corrected chi connectivity index (χ1v) is 13.1. The van der Waals surface area contributed by atoms with Crippen LogP contribution in [0.1, 0.15) is 13.3 Å². The van der Waals surface area contributed by atoms with E-state index in [-0.39, 0.29) is 0 Å². The molecule has 0 spiro atoms. The van der Waals surface area contributed by atoms with Crippen LogP contribution in [0.3, 0.4) is 0 Å². The molecule has 6 heteroatoms. The summed E-state index contributed by atoms with van der Waals surface area (Å²) < 4.78 is 17.7. The van der Waals surface area contributed by atoms with Crippen molar-refractivity contribution in [2.45, 2.75) is 58.6 Å². The number of rotatable bonds is 6. The molecule has 92 valence electrons. The van der Waals surface area contributed by atoms with Crippen LogP contribution in [0.25, 0.3) is 0 Å². The Labute approximate surface area is 99.3 Å². The first kappa shape index (κ1) is 15.5. The lowest BCUT2D eigenvalue weighted by Crippen LogP contribution is -2.51. The Balaban J connectivity index is 4.74. The molecule has 0 saturated heterocycles. The van der Waals surface area contributed by atoms with Gasteiger partial charge in [0.25, 0.3) is 5.97 Å². The molecule has 0 heterocycles. The predicted octanol–water partition coefficient (Wildman–Crippen LogP) is 2.05. The van der Waals surface area contributed by atoms with Crippen LogP contribution in [0.15, 0.2) is 0 Å². The summed E-state index contributed by atoms with van der Waals surface area (Å²) in [6.45, 7) is 15.0. The maximum absolute atomic E-state index is 6.06. The molecule has 0 aliphatic carbocycles. The molecular weight excluding hydrogens is 240 g/mol. The molecule has 0 atom stereocenters. The van der Waals surface area contributed by atoms with E-state index < -0.39 is 22.6 Å². The molecule has 0 aliphatic heterocycles. The third-order valence-corrected chi connectivity index (χ3v) is 4.14. The molecule has 0 aliphatic rings. The van der Waals surface area contributed by atoms with Gasteiger partial charge in [0, 0.05) is 6.42 Å². The first-order chi connectivity index (χ1) is 6.54. The van der Waals surface area contributed by atoms with E-state index in [1.807, 2.05) is 0 Å². The minimum Gasteiger partial charge on any atom is -0.382 e. The first-order valence-electron chi connectivity index (χ1n) is 5.49. The third kappa shape index (κ3) is 6.64. The Morgan fingerprint density at radius 2 is 1.27 bits per heavy atom. The monoisotopic (exact) mass is 266 g/mol. The van der Waals surface area contributed by atoms with Crippen molar-refractivity contribution in [1.29, 1.82) is 0 Å². The predicted molar refractivity (Wildman–Crippen MR) is 72.9 cm³/mol. The van der Waals surface area contributed by atoms with E-state index in [0.717, 1.165) is 6.42 Å². The molecule has 0 radical (unpaired) electrons. The quantitative estimate of drug-likeness (QED) is 0.544. The fourth-order valence-electron chi connectivity index (χ4n) is 1.33. The molecule has 0 aromatic carbocycles. The third-order valence-electron chi connectivity index (χ3n) is 1.67. The van der Waals surface area contributed by atoms with E-state index in [1.165, 1.54) is 0 Å². The maximum Gasteiger partial charge on any atom is 0.253 e. The van der Waals surface area contributed by atoms with Crippen molar-refractivity contribution in [1.82, 2.24) is 0 Å². The van der Waals surface area contributed by atoms with E-state index in [2.05, 4.69) is 46.2 Å². The second kappa shape index (κ2) is 5.24. The van der Waals surface area contributed by atoms with E-state index in [9.17, 15) is 0 Å². The molecule has 0 rings (SSSR count). The Bertz CT molecular complexity index is 174. The molecule has 0 aromatic heterocycles. The van der Waals surface area contributed by atoms with Gasteiger partial charge in [-0.05, 0) is 39.3 Å². The lowest BCUT2D eigenvalue weighted by molar-refractivity contribution is -0.264. The topological polar surface area (TPSA) is 27.7 Å². The molecule has 0 fully saturated rings. The Morgan fingerprint density at radius 1 is 0.933 bits per heavy atom. The standard InChI is InChI=1S/C9H26O3Si3/c1-8-9(10-13,11-14(2,3)4)12-15(5,6)7/h8H2,1-7,13H3. The summed E-state index contributed by atoms with van der Waals surface area (Å²) in [6.07, 6.45) is 0.755. The lowest BCUT2D eigenvalue weighted by atomic mass is 10.4. The lowest BCUT2D eigenvalue weighted by Gasteiger charge is -2.41. The molecule has 0 aromatic rings. The SMILES string of the molecule is CCC(O[SiH3])(O[Si](C)(C)C)O[Si](C)(C)C. The molecule has 0 bridgehead atoms. The highest BCUT2D eigenvalue weighted by Crippen LogP contribution is 2.27. The van der Waals surface area contributed by atoms with Crippen LogP contribution in [0.4, 0.5) is 0 Å². The van der Waals surface area contributed by atoms with Crippen molar-refractivity contribution in [3.05, 3.63) is 0 Å². The minimum absolute atomic E-state index is 0.637.